The molecule has 0 spiro atoms. The van der Waals surface area contributed by atoms with Crippen molar-refractivity contribution in [3.05, 3.63) is 100 Å². The van der Waals surface area contributed by atoms with Crippen LogP contribution in [0.5, 0.6) is 0 Å². The van der Waals surface area contributed by atoms with E-state index in [1.165, 1.54) is 11.6 Å². The van der Waals surface area contributed by atoms with E-state index < -0.39 is 5.97 Å². The van der Waals surface area contributed by atoms with E-state index >= 15 is 0 Å². The normalized spacial score (nSPS) is 11.0. The van der Waals surface area contributed by atoms with Crippen LogP contribution in [0.1, 0.15) is 27.0 Å². The van der Waals surface area contributed by atoms with E-state index in [-0.39, 0.29) is 5.56 Å². The quantitative estimate of drug-likeness (QED) is 0.531. The van der Waals surface area contributed by atoms with Crippen molar-refractivity contribution in [2.75, 3.05) is 0 Å². The Bertz CT molecular complexity index is 1120. The van der Waals surface area contributed by atoms with Crippen LogP contribution in [-0.4, -0.2) is 20.9 Å². The number of benzene rings is 3. The van der Waals surface area contributed by atoms with Crippen molar-refractivity contribution >= 4 is 28.5 Å². The summed E-state index contributed by atoms with van der Waals surface area (Å²) >= 11 is 5.94. The van der Waals surface area contributed by atoms with Gasteiger partial charge in [-0.1, -0.05) is 54.1 Å². The van der Waals surface area contributed by atoms with Crippen LogP contribution in [-0.2, 0) is 13.0 Å². The topological polar surface area (TPSA) is 55.1 Å². The van der Waals surface area contributed by atoms with Gasteiger partial charge in [-0.2, -0.15) is 5.10 Å². The monoisotopic (exact) mass is 376 g/mol. The first-order valence-corrected chi connectivity index (χ1v) is 8.98. The summed E-state index contributed by atoms with van der Waals surface area (Å²) < 4.78 is 1.97. The highest BCUT2D eigenvalue weighted by molar-refractivity contribution is 6.31. The molecule has 0 unspecified atom stereocenters. The molecule has 0 saturated carbocycles. The van der Waals surface area contributed by atoms with Crippen molar-refractivity contribution in [1.82, 2.24) is 9.78 Å². The van der Waals surface area contributed by atoms with Gasteiger partial charge in [0.1, 0.15) is 0 Å². The molecule has 0 amide bonds. The van der Waals surface area contributed by atoms with Crippen molar-refractivity contribution in [2.24, 2.45) is 0 Å². The molecule has 27 heavy (non-hydrogen) atoms. The molecule has 134 valence electrons. The Morgan fingerprint density at radius 2 is 1.81 bits per heavy atom. The summed E-state index contributed by atoms with van der Waals surface area (Å²) in [4.78, 5) is 11.5. The Morgan fingerprint density at radius 3 is 2.59 bits per heavy atom. The number of rotatable bonds is 5. The summed E-state index contributed by atoms with van der Waals surface area (Å²) in [6.45, 7) is 0.712. The van der Waals surface area contributed by atoms with E-state index in [1.807, 2.05) is 41.2 Å². The van der Waals surface area contributed by atoms with Crippen molar-refractivity contribution in [2.45, 2.75) is 13.0 Å². The van der Waals surface area contributed by atoms with E-state index in [0.717, 1.165) is 22.0 Å². The molecule has 4 aromatic rings. The first-order chi connectivity index (χ1) is 13.1. The number of nitrogens with zero attached hydrogens (tertiary/aromatic N) is 2. The fourth-order valence-corrected chi connectivity index (χ4v) is 3.42. The van der Waals surface area contributed by atoms with Crippen molar-refractivity contribution in [3.63, 3.8) is 0 Å². The Balaban J connectivity index is 1.63. The van der Waals surface area contributed by atoms with Gasteiger partial charge in [-0.15, -0.1) is 0 Å². The fourth-order valence-electron chi connectivity index (χ4n) is 3.25. The number of hydrogen-bond acceptors (Lipinski definition) is 2. The molecule has 0 aliphatic rings. The lowest BCUT2D eigenvalue weighted by atomic mass is 9.99. The Hall–Kier alpha value is -3.11. The highest BCUT2D eigenvalue weighted by Gasteiger charge is 2.12. The lowest BCUT2D eigenvalue weighted by molar-refractivity contribution is 0.0696. The highest BCUT2D eigenvalue weighted by atomic mass is 35.5. The van der Waals surface area contributed by atoms with Gasteiger partial charge in [0.25, 0.3) is 0 Å². The largest absolute Gasteiger partial charge is 0.478 e. The summed E-state index contributed by atoms with van der Waals surface area (Å²) in [5.74, 6) is -0.968. The van der Waals surface area contributed by atoms with Crippen molar-refractivity contribution < 1.29 is 9.90 Å². The maximum Gasteiger partial charge on any atom is 0.336 e. The third-order valence-electron chi connectivity index (χ3n) is 4.58. The summed E-state index contributed by atoms with van der Waals surface area (Å²) in [6, 6.07) is 21.3. The zero-order chi connectivity index (χ0) is 18.8. The summed E-state index contributed by atoms with van der Waals surface area (Å²) in [5, 5.41) is 15.4. The van der Waals surface area contributed by atoms with Gasteiger partial charge in [0.05, 0.1) is 23.8 Å². The fraction of sp³-hybridized carbons (Fsp3) is 0.0909. The zero-order valence-corrected chi connectivity index (χ0v) is 15.2. The molecule has 0 saturated heterocycles. The van der Waals surface area contributed by atoms with E-state index in [9.17, 15) is 9.90 Å². The van der Waals surface area contributed by atoms with Crippen molar-refractivity contribution in [1.29, 1.82) is 0 Å². The summed E-state index contributed by atoms with van der Waals surface area (Å²) in [7, 11) is 0. The number of aromatic nitrogens is 2. The SMILES string of the molecule is O=C(O)c1cc(Cl)ccc1Cc1ccc2c(cnn2Cc2ccccc2)c1. The molecule has 0 atom stereocenters. The van der Waals surface area contributed by atoms with Crippen LogP contribution in [0.25, 0.3) is 10.9 Å². The Kier molecular flexibility index (Phi) is 4.65. The van der Waals surface area contributed by atoms with Crippen LogP contribution in [0.2, 0.25) is 5.02 Å². The maximum atomic E-state index is 11.5. The lowest BCUT2D eigenvalue weighted by Crippen LogP contribution is -2.03. The highest BCUT2D eigenvalue weighted by Crippen LogP contribution is 2.22. The standard InChI is InChI=1S/C22H17ClN2O2/c23-19-8-7-17(20(12-19)22(26)27)10-16-6-9-21-18(11-16)13-24-25(21)14-15-4-2-1-3-5-15/h1-9,11-13H,10,14H2,(H,26,27). The van der Waals surface area contributed by atoms with E-state index in [0.29, 0.717) is 18.0 Å². The third-order valence-corrected chi connectivity index (χ3v) is 4.81. The number of halogens is 1. The average molecular weight is 377 g/mol. The van der Waals surface area contributed by atoms with Crippen LogP contribution < -0.4 is 0 Å². The number of carboxylic acid groups (broad SMARTS) is 1. The number of hydrogen-bond donors (Lipinski definition) is 1. The zero-order valence-electron chi connectivity index (χ0n) is 14.5. The molecular weight excluding hydrogens is 360 g/mol. The molecule has 4 nitrogen and oxygen atoms in total. The van der Waals surface area contributed by atoms with Crippen LogP contribution in [0.3, 0.4) is 0 Å². The summed E-state index contributed by atoms with van der Waals surface area (Å²) in [5.41, 5.74) is 4.26. The number of fused-ring (bicyclic) bond motifs is 1. The van der Waals surface area contributed by atoms with Crippen molar-refractivity contribution in [3.8, 4) is 0 Å². The molecule has 5 heteroatoms. The lowest BCUT2D eigenvalue weighted by Gasteiger charge is -2.08. The smallest absolute Gasteiger partial charge is 0.336 e. The second kappa shape index (κ2) is 7.25. The molecule has 1 aromatic heterocycles. The second-order valence-electron chi connectivity index (χ2n) is 6.46. The van der Waals surface area contributed by atoms with E-state index in [2.05, 4.69) is 23.3 Å². The molecule has 0 radical (unpaired) electrons. The van der Waals surface area contributed by atoms with Crippen LogP contribution >= 0.6 is 11.6 Å². The molecule has 0 aliphatic heterocycles. The van der Waals surface area contributed by atoms with Gasteiger partial charge in [0.15, 0.2) is 0 Å². The van der Waals surface area contributed by atoms with Gasteiger partial charge >= 0.3 is 5.97 Å². The van der Waals surface area contributed by atoms with E-state index in [4.69, 9.17) is 11.6 Å². The molecular formula is C22H17ClN2O2. The molecule has 0 bridgehead atoms. The maximum absolute atomic E-state index is 11.5. The molecule has 3 aromatic carbocycles. The van der Waals surface area contributed by atoms with Gasteiger partial charge in [-0.05, 0) is 47.4 Å². The van der Waals surface area contributed by atoms with Gasteiger partial charge in [-0.3, -0.25) is 4.68 Å². The van der Waals surface area contributed by atoms with E-state index in [1.54, 1.807) is 12.1 Å². The molecule has 4 rings (SSSR count). The number of carbonyl (C=O) groups is 1. The van der Waals surface area contributed by atoms with Crippen LogP contribution in [0.4, 0.5) is 0 Å². The second-order valence-corrected chi connectivity index (χ2v) is 6.90. The third kappa shape index (κ3) is 3.71. The number of carboxylic acids is 1. The minimum Gasteiger partial charge on any atom is -0.478 e. The molecule has 0 aliphatic carbocycles. The van der Waals surface area contributed by atoms with Gasteiger partial charge < -0.3 is 5.11 Å². The van der Waals surface area contributed by atoms with Gasteiger partial charge in [0, 0.05) is 10.4 Å². The average Bonchev–Trinajstić information content (AvgIpc) is 3.06. The molecule has 1 N–H and O–H groups in total. The Labute approximate surface area is 161 Å². The minimum atomic E-state index is -0.968. The molecule has 0 fully saturated rings. The van der Waals surface area contributed by atoms with Gasteiger partial charge in [-0.25, -0.2) is 4.79 Å². The Morgan fingerprint density at radius 1 is 1.00 bits per heavy atom. The predicted molar refractivity (Wildman–Crippen MR) is 106 cm³/mol. The number of aromatic carboxylic acids is 1. The first kappa shape index (κ1) is 17.3. The van der Waals surface area contributed by atoms with Gasteiger partial charge in [0.2, 0.25) is 0 Å². The summed E-state index contributed by atoms with van der Waals surface area (Å²) in [6.07, 6.45) is 2.38. The first-order valence-electron chi connectivity index (χ1n) is 8.60. The molecule has 1 heterocycles. The van der Waals surface area contributed by atoms with Crippen LogP contribution in [0, 0.1) is 0 Å². The van der Waals surface area contributed by atoms with Crippen LogP contribution in [0.15, 0.2) is 72.9 Å². The predicted octanol–water partition coefficient (Wildman–Crippen LogP) is 5.03. The minimum absolute atomic E-state index is 0.238.